The average molecular weight is 220 g/mol. The van der Waals surface area contributed by atoms with Gasteiger partial charge in [0.1, 0.15) is 0 Å². The van der Waals surface area contributed by atoms with E-state index in [9.17, 15) is 0 Å². The van der Waals surface area contributed by atoms with Crippen LogP contribution in [0, 0.1) is 5.92 Å². The minimum atomic E-state index is 0.668. The molecule has 0 bridgehead atoms. The molecule has 0 saturated carbocycles. The Morgan fingerprint density at radius 2 is 2.31 bits per heavy atom. The number of piperidine rings is 1. The van der Waals surface area contributed by atoms with Gasteiger partial charge in [0.2, 0.25) is 0 Å². The molecule has 0 amide bonds. The highest BCUT2D eigenvalue weighted by molar-refractivity contribution is 5.23. The maximum absolute atomic E-state index is 3.44. The summed E-state index contributed by atoms with van der Waals surface area (Å²) < 4.78 is 0. The fourth-order valence-electron chi connectivity index (χ4n) is 2.70. The van der Waals surface area contributed by atoms with Gasteiger partial charge in [-0.1, -0.05) is 25.2 Å². The van der Waals surface area contributed by atoms with Gasteiger partial charge in [-0.15, -0.1) is 0 Å². The van der Waals surface area contributed by atoms with Crippen molar-refractivity contribution in [2.75, 3.05) is 26.7 Å². The normalized spacial score (nSPS) is 31.5. The van der Waals surface area contributed by atoms with Crippen LogP contribution in [0.4, 0.5) is 0 Å². The fourth-order valence-corrected chi connectivity index (χ4v) is 2.70. The maximum Gasteiger partial charge on any atom is 0.0231 e. The number of hydrogen-bond acceptors (Lipinski definition) is 2. The van der Waals surface area contributed by atoms with E-state index in [0.29, 0.717) is 6.04 Å². The predicted octanol–water partition coefficient (Wildman–Crippen LogP) is 2.19. The first-order valence-corrected chi connectivity index (χ1v) is 6.55. The lowest BCUT2D eigenvalue weighted by atomic mass is 9.93. The molecule has 16 heavy (non-hydrogen) atoms. The highest BCUT2D eigenvalue weighted by atomic mass is 15.2. The summed E-state index contributed by atoms with van der Waals surface area (Å²) in [4.78, 5) is 2.59. The zero-order valence-electron chi connectivity index (χ0n) is 10.6. The molecule has 0 spiro atoms. The molecule has 1 saturated heterocycles. The molecule has 1 N–H and O–H groups in total. The van der Waals surface area contributed by atoms with Crippen LogP contribution in [0.15, 0.2) is 23.8 Å². The number of allylic oxidation sites excluding steroid dienone is 2. The largest absolute Gasteiger partial charge is 0.315 e. The summed E-state index contributed by atoms with van der Waals surface area (Å²) in [5.41, 5.74) is 1.51. The molecule has 0 unspecified atom stereocenters. The molecule has 0 aromatic heterocycles. The van der Waals surface area contributed by atoms with Crippen LogP contribution in [0.1, 0.15) is 26.2 Å². The number of nitrogens with one attached hydrogen (secondary N) is 1. The van der Waals surface area contributed by atoms with Crippen LogP contribution in [0.5, 0.6) is 0 Å². The molecule has 90 valence electrons. The van der Waals surface area contributed by atoms with Crippen LogP contribution >= 0.6 is 0 Å². The fraction of sp³-hybridized carbons (Fsp3) is 0.714. The van der Waals surface area contributed by atoms with Crippen molar-refractivity contribution in [2.24, 2.45) is 5.92 Å². The van der Waals surface area contributed by atoms with E-state index in [-0.39, 0.29) is 0 Å². The Kier molecular flexibility index (Phi) is 4.19. The quantitative estimate of drug-likeness (QED) is 0.784. The van der Waals surface area contributed by atoms with Gasteiger partial charge in [0.25, 0.3) is 0 Å². The number of nitrogens with zero attached hydrogens (tertiary/aromatic N) is 1. The molecule has 2 aliphatic rings. The Balaban J connectivity index is 1.86. The first-order chi connectivity index (χ1) is 7.79. The second-order valence-electron chi connectivity index (χ2n) is 5.16. The third-order valence-electron chi connectivity index (χ3n) is 3.89. The molecule has 0 radical (unpaired) electrons. The van der Waals surface area contributed by atoms with Crippen molar-refractivity contribution in [1.82, 2.24) is 10.2 Å². The Morgan fingerprint density at radius 1 is 1.44 bits per heavy atom. The molecule has 2 heteroatoms. The Morgan fingerprint density at radius 3 is 3.00 bits per heavy atom. The van der Waals surface area contributed by atoms with E-state index in [1.165, 1.54) is 37.9 Å². The number of likely N-dealkylation sites (tertiary alicyclic amines) is 1. The smallest absolute Gasteiger partial charge is 0.0231 e. The van der Waals surface area contributed by atoms with Crippen LogP contribution in [-0.4, -0.2) is 37.6 Å². The van der Waals surface area contributed by atoms with Crippen LogP contribution in [0.2, 0.25) is 0 Å². The van der Waals surface area contributed by atoms with Gasteiger partial charge in [0.15, 0.2) is 0 Å². The average Bonchev–Trinajstić information content (AvgIpc) is 2.33. The van der Waals surface area contributed by atoms with Crippen LogP contribution in [-0.2, 0) is 0 Å². The molecule has 2 rings (SSSR count). The molecule has 1 fully saturated rings. The van der Waals surface area contributed by atoms with E-state index in [1.54, 1.807) is 0 Å². The molecule has 2 nitrogen and oxygen atoms in total. The topological polar surface area (TPSA) is 15.3 Å². The maximum atomic E-state index is 3.44. The van der Waals surface area contributed by atoms with Gasteiger partial charge in [-0.25, -0.2) is 0 Å². The summed E-state index contributed by atoms with van der Waals surface area (Å²) in [5, 5.41) is 3.44. The molecule has 0 aromatic rings. The van der Waals surface area contributed by atoms with Crippen molar-refractivity contribution in [3.05, 3.63) is 23.8 Å². The Labute approximate surface area is 99.4 Å². The molecule has 1 aliphatic heterocycles. The van der Waals surface area contributed by atoms with E-state index < -0.39 is 0 Å². The van der Waals surface area contributed by atoms with Crippen molar-refractivity contribution < 1.29 is 0 Å². The first-order valence-electron chi connectivity index (χ1n) is 6.55. The third kappa shape index (κ3) is 2.96. The van der Waals surface area contributed by atoms with Gasteiger partial charge in [-0.05, 0) is 44.3 Å². The second kappa shape index (κ2) is 5.65. The molecule has 2 atom stereocenters. The molecular weight excluding hydrogens is 196 g/mol. The summed E-state index contributed by atoms with van der Waals surface area (Å²) in [6, 6.07) is 0.668. The minimum Gasteiger partial charge on any atom is -0.315 e. The van der Waals surface area contributed by atoms with Crippen LogP contribution in [0.3, 0.4) is 0 Å². The van der Waals surface area contributed by atoms with Gasteiger partial charge >= 0.3 is 0 Å². The summed E-state index contributed by atoms with van der Waals surface area (Å²) in [7, 11) is 2.09. The highest BCUT2D eigenvalue weighted by Crippen LogP contribution is 2.19. The standard InChI is InChI=1S/C14H24N2/c1-12-8-9-16(11-14(12)15-2)10-13-6-4-3-5-7-13/h4,6-7,12,14-15H,3,5,8-11H2,1-2H3/t12-,14+/m1/s1. The Bertz CT molecular complexity index is 280. The SMILES string of the molecule is CN[C@H]1CN(CC2=CCCC=C2)CC[C@H]1C. The molecule has 1 aliphatic carbocycles. The second-order valence-corrected chi connectivity index (χ2v) is 5.16. The van der Waals surface area contributed by atoms with Crippen molar-refractivity contribution in [2.45, 2.75) is 32.2 Å². The highest BCUT2D eigenvalue weighted by Gasteiger charge is 2.24. The third-order valence-corrected chi connectivity index (χ3v) is 3.89. The van der Waals surface area contributed by atoms with Crippen molar-refractivity contribution >= 4 is 0 Å². The van der Waals surface area contributed by atoms with E-state index >= 15 is 0 Å². The van der Waals surface area contributed by atoms with Gasteiger partial charge in [-0.2, -0.15) is 0 Å². The van der Waals surface area contributed by atoms with Crippen LogP contribution < -0.4 is 5.32 Å². The molecule has 1 heterocycles. The van der Waals surface area contributed by atoms with E-state index in [1.807, 2.05) is 0 Å². The Hall–Kier alpha value is -0.600. The summed E-state index contributed by atoms with van der Waals surface area (Å²) in [5.74, 6) is 0.817. The predicted molar refractivity (Wildman–Crippen MR) is 69.5 cm³/mol. The minimum absolute atomic E-state index is 0.668. The van der Waals surface area contributed by atoms with Crippen molar-refractivity contribution in [3.63, 3.8) is 0 Å². The monoisotopic (exact) mass is 220 g/mol. The number of likely N-dealkylation sites (N-methyl/N-ethyl adjacent to an activating group) is 1. The molecule has 0 aromatic carbocycles. The number of rotatable bonds is 3. The lowest BCUT2D eigenvalue weighted by Gasteiger charge is -2.37. The van der Waals surface area contributed by atoms with Gasteiger partial charge in [0.05, 0.1) is 0 Å². The van der Waals surface area contributed by atoms with Gasteiger partial charge in [-0.3, -0.25) is 4.90 Å². The van der Waals surface area contributed by atoms with E-state index in [4.69, 9.17) is 0 Å². The lowest BCUT2D eigenvalue weighted by Crippen LogP contribution is -2.49. The van der Waals surface area contributed by atoms with Gasteiger partial charge < -0.3 is 5.32 Å². The number of hydrogen-bond donors (Lipinski definition) is 1. The van der Waals surface area contributed by atoms with E-state index in [2.05, 4.69) is 42.4 Å². The van der Waals surface area contributed by atoms with Crippen LogP contribution in [0.25, 0.3) is 0 Å². The van der Waals surface area contributed by atoms with Crippen molar-refractivity contribution in [1.29, 1.82) is 0 Å². The van der Waals surface area contributed by atoms with Crippen molar-refractivity contribution in [3.8, 4) is 0 Å². The summed E-state index contributed by atoms with van der Waals surface area (Å²) in [6.45, 7) is 5.95. The first kappa shape index (κ1) is 11.9. The lowest BCUT2D eigenvalue weighted by molar-refractivity contribution is 0.164. The van der Waals surface area contributed by atoms with Gasteiger partial charge in [0, 0.05) is 19.1 Å². The van der Waals surface area contributed by atoms with E-state index in [0.717, 1.165) is 12.5 Å². The summed E-state index contributed by atoms with van der Waals surface area (Å²) in [6.07, 6.45) is 10.8. The molecular formula is C14H24N2. The zero-order valence-corrected chi connectivity index (χ0v) is 10.6. The summed E-state index contributed by atoms with van der Waals surface area (Å²) >= 11 is 0. The zero-order chi connectivity index (χ0) is 11.4.